The first kappa shape index (κ1) is 18.4. The first-order chi connectivity index (χ1) is 12.1. The average Bonchev–Trinajstić information content (AvgIpc) is 2.60. The molecule has 0 heterocycles. The van der Waals surface area contributed by atoms with E-state index in [0.29, 0.717) is 18.5 Å². The Labute approximate surface area is 145 Å². The molecule has 6 heteroatoms. The van der Waals surface area contributed by atoms with Gasteiger partial charge in [-0.15, -0.1) is 0 Å². The van der Waals surface area contributed by atoms with E-state index in [1.807, 2.05) is 30.3 Å². The van der Waals surface area contributed by atoms with Gasteiger partial charge in [0.2, 0.25) is 0 Å². The van der Waals surface area contributed by atoms with E-state index in [2.05, 4.69) is 10.1 Å². The van der Waals surface area contributed by atoms with Crippen LogP contribution in [-0.2, 0) is 11.3 Å². The molecule has 2 aromatic carbocycles. The SMILES string of the molecule is COc1c(F)cc(C=CCCNC(=O)OCc2ccccc2)cc1F. The first-order valence-electron chi connectivity index (χ1n) is 7.74. The van der Waals surface area contributed by atoms with E-state index < -0.39 is 23.5 Å². The van der Waals surface area contributed by atoms with Crippen LogP contribution in [0.2, 0.25) is 0 Å². The van der Waals surface area contributed by atoms with Crippen LogP contribution in [0.4, 0.5) is 13.6 Å². The molecule has 0 saturated carbocycles. The summed E-state index contributed by atoms with van der Waals surface area (Å²) >= 11 is 0. The van der Waals surface area contributed by atoms with E-state index in [1.54, 1.807) is 12.2 Å². The lowest BCUT2D eigenvalue weighted by Crippen LogP contribution is -2.24. The fraction of sp³-hybridized carbons (Fsp3) is 0.211. The predicted molar refractivity (Wildman–Crippen MR) is 91.2 cm³/mol. The normalized spacial score (nSPS) is 10.7. The second kappa shape index (κ2) is 9.42. The second-order valence-corrected chi connectivity index (χ2v) is 5.20. The van der Waals surface area contributed by atoms with E-state index in [-0.39, 0.29) is 6.61 Å². The molecular weight excluding hydrogens is 328 g/mol. The lowest BCUT2D eigenvalue weighted by Gasteiger charge is -2.06. The maximum atomic E-state index is 13.5. The van der Waals surface area contributed by atoms with E-state index in [1.165, 1.54) is 19.2 Å². The van der Waals surface area contributed by atoms with Gasteiger partial charge in [-0.25, -0.2) is 13.6 Å². The van der Waals surface area contributed by atoms with Gasteiger partial charge in [0, 0.05) is 6.54 Å². The number of alkyl carbamates (subject to hydrolysis) is 1. The van der Waals surface area contributed by atoms with Gasteiger partial charge in [-0.3, -0.25) is 0 Å². The smallest absolute Gasteiger partial charge is 0.407 e. The molecule has 4 nitrogen and oxygen atoms in total. The zero-order chi connectivity index (χ0) is 18.1. The summed E-state index contributed by atoms with van der Waals surface area (Å²) in [5.41, 5.74) is 1.28. The van der Waals surface area contributed by atoms with Gasteiger partial charge >= 0.3 is 6.09 Å². The summed E-state index contributed by atoms with van der Waals surface area (Å²) < 4.78 is 36.8. The van der Waals surface area contributed by atoms with Gasteiger partial charge < -0.3 is 14.8 Å². The van der Waals surface area contributed by atoms with Gasteiger partial charge in [0.25, 0.3) is 0 Å². The molecule has 0 atom stereocenters. The van der Waals surface area contributed by atoms with Crippen molar-refractivity contribution in [2.75, 3.05) is 13.7 Å². The molecule has 0 aromatic heterocycles. The van der Waals surface area contributed by atoms with Gasteiger partial charge in [-0.05, 0) is 29.7 Å². The molecule has 0 aliphatic heterocycles. The highest BCUT2D eigenvalue weighted by molar-refractivity contribution is 5.67. The Bertz CT molecular complexity index is 710. The van der Waals surface area contributed by atoms with Crippen molar-refractivity contribution in [2.24, 2.45) is 0 Å². The number of carbonyl (C=O) groups excluding carboxylic acids is 1. The van der Waals surface area contributed by atoms with E-state index in [0.717, 1.165) is 5.56 Å². The third-order valence-corrected chi connectivity index (χ3v) is 3.33. The maximum Gasteiger partial charge on any atom is 0.407 e. The number of rotatable bonds is 7. The summed E-state index contributed by atoms with van der Waals surface area (Å²) in [5, 5.41) is 2.60. The Hall–Kier alpha value is -2.89. The highest BCUT2D eigenvalue weighted by Gasteiger charge is 2.10. The lowest BCUT2D eigenvalue weighted by molar-refractivity contribution is 0.140. The Balaban J connectivity index is 1.72. The predicted octanol–water partition coefficient (Wildman–Crippen LogP) is 4.30. The van der Waals surface area contributed by atoms with Crippen LogP contribution in [0.3, 0.4) is 0 Å². The van der Waals surface area contributed by atoms with E-state index in [4.69, 9.17) is 4.74 Å². The minimum atomic E-state index is -0.759. The van der Waals surface area contributed by atoms with Crippen LogP contribution in [0.15, 0.2) is 48.5 Å². The largest absolute Gasteiger partial charge is 0.491 e. The number of ether oxygens (including phenoxy) is 2. The number of nitrogens with one attached hydrogen (secondary N) is 1. The number of benzene rings is 2. The molecule has 132 valence electrons. The van der Waals surface area contributed by atoms with Gasteiger partial charge in [0.15, 0.2) is 17.4 Å². The number of halogens is 2. The maximum absolute atomic E-state index is 13.5. The van der Waals surface area contributed by atoms with Crippen LogP contribution in [-0.4, -0.2) is 19.7 Å². The van der Waals surface area contributed by atoms with Crippen molar-refractivity contribution >= 4 is 12.2 Å². The van der Waals surface area contributed by atoms with Gasteiger partial charge in [0.05, 0.1) is 7.11 Å². The Morgan fingerprint density at radius 3 is 2.48 bits per heavy atom. The molecule has 0 fully saturated rings. The summed E-state index contributed by atoms with van der Waals surface area (Å²) in [4.78, 5) is 11.5. The third kappa shape index (κ3) is 5.91. The molecule has 0 unspecified atom stereocenters. The van der Waals surface area contributed by atoms with Crippen LogP contribution in [0, 0.1) is 11.6 Å². The van der Waals surface area contributed by atoms with Crippen molar-refractivity contribution < 1.29 is 23.0 Å². The zero-order valence-corrected chi connectivity index (χ0v) is 13.8. The molecule has 0 saturated heterocycles. The van der Waals surface area contributed by atoms with Crippen molar-refractivity contribution in [1.82, 2.24) is 5.32 Å². The molecular formula is C19H19F2NO3. The number of methoxy groups -OCH3 is 1. The van der Waals surface area contributed by atoms with Gasteiger partial charge in [0.1, 0.15) is 6.61 Å². The fourth-order valence-electron chi connectivity index (χ4n) is 2.12. The molecule has 2 rings (SSSR count). The first-order valence-corrected chi connectivity index (χ1v) is 7.74. The number of hydrogen-bond donors (Lipinski definition) is 1. The molecule has 0 aliphatic rings. The molecule has 0 radical (unpaired) electrons. The van der Waals surface area contributed by atoms with E-state index in [9.17, 15) is 13.6 Å². The molecule has 2 aromatic rings. The molecule has 0 bridgehead atoms. The van der Waals surface area contributed by atoms with E-state index >= 15 is 0 Å². The standard InChI is InChI=1S/C19H19F2NO3/c1-24-18-16(20)11-15(12-17(18)21)9-5-6-10-22-19(23)25-13-14-7-3-2-4-8-14/h2-5,7-9,11-12H,6,10,13H2,1H3,(H,22,23). The summed E-state index contributed by atoms with van der Waals surface area (Å²) in [6, 6.07) is 11.7. The van der Waals surface area contributed by atoms with Crippen LogP contribution in [0.1, 0.15) is 17.5 Å². The third-order valence-electron chi connectivity index (χ3n) is 3.33. The number of hydrogen-bond acceptors (Lipinski definition) is 3. The second-order valence-electron chi connectivity index (χ2n) is 5.20. The van der Waals surface area contributed by atoms with Crippen LogP contribution in [0.5, 0.6) is 5.75 Å². The van der Waals surface area contributed by atoms with Crippen LogP contribution < -0.4 is 10.1 Å². The van der Waals surface area contributed by atoms with Crippen LogP contribution >= 0.6 is 0 Å². The summed E-state index contributed by atoms with van der Waals surface area (Å²) in [5.74, 6) is -1.92. The monoisotopic (exact) mass is 347 g/mol. The molecule has 1 N–H and O–H groups in total. The van der Waals surface area contributed by atoms with Crippen molar-refractivity contribution in [3.63, 3.8) is 0 Å². The molecule has 1 amide bonds. The van der Waals surface area contributed by atoms with Crippen molar-refractivity contribution in [1.29, 1.82) is 0 Å². The zero-order valence-electron chi connectivity index (χ0n) is 13.8. The Morgan fingerprint density at radius 1 is 1.16 bits per heavy atom. The fourth-order valence-corrected chi connectivity index (χ4v) is 2.12. The van der Waals surface area contributed by atoms with Crippen molar-refractivity contribution in [3.05, 3.63) is 71.3 Å². The minimum absolute atomic E-state index is 0.201. The molecule has 0 spiro atoms. The molecule has 0 aliphatic carbocycles. The average molecular weight is 347 g/mol. The highest BCUT2D eigenvalue weighted by atomic mass is 19.1. The number of amides is 1. The highest BCUT2D eigenvalue weighted by Crippen LogP contribution is 2.23. The molecule has 25 heavy (non-hydrogen) atoms. The Kier molecular flexibility index (Phi) is 6.95. The summed E-state index contributed by atoms with van der Waals surface area (Å²) in [6.07, 6.45) is 3.26. The van der Waals surface area contributed by atoms with Gasteiger partial charge in [-0.1, -0.05) is 42.5 Å². The summed E-state index contributed by atoms with van der Waals surface area (Å²) in [7, 11) is 1.21. The quantitative estimate of drug-likeness (QED) is 0.760. The lowest BCUT2D eigenvalue weighted by atomic mass is 10.1. The minimum Gasteiger partial charge on any atom is -0.491 e. The topological polar surface area (TPSA) is 47.6 Å². The number of carbonyl (C=O) groups is 1. The van der Waals surface area contributed by atoms with Crippen molar-refractivity contribution in [2.45, 2.75) is 13.0 Å². The van der Waals surface area contributed by atoms with Crippen molar-refractivity contribution in [3.8, 4) is 5.75 Å². The summed E-state index contributed by atoms with van der Waals surface area (Å²) in [6.45, 7) is 0.554. The van der Waals surface area contributed by atoms with Gasteiger partial charge in [-0.2, -0.15) is 0 Å². The van der Waals surface area contributed by atoms with Crippen LogP contribution in [0.25, 0.3) is 6.08 Å². The Morgan fingerprint density at radius 2 is 1.84 bits per heavy atom.